The number of rotatable bonds is 5. The number of aromatic nitrogens is 2. The van der Waals surface area contributed by atoms with Crippen LogP contribution in [0.1, 0.15) is 0 Å². The van der Waals surface area contributed by atoms with Gasteiger partial charge in [-0.2, -0.15) is 0 Å². The fourth-order valence-corrected chi connectivity index (χ4v) is 2.13. The third-order valence-corrected chi connectivity index (χ3v) is 3.28. The van der Waals surface area contributed by atoms with Crippen LogP contribution in [-0.2, 0) is 7.05 Å². The minimum absolute atomic E-state index is 0.110. The molecule has 1 atom stereocenters. The summed E-state index contributed by atoms with van der Waals surface area (Å²) >= 11 is 6.58. The highest BCUT2D eigenvalue weighted by atomic mass is 35.5. The van der Waals surface area contributed by atoms with Gasteiger partial charge >= 0.3 is 5.82 Å². The summed E-state index contributed by atoms with van der Waals surface area (Å²) in [7, 11) is 1.66. The van der Waals surface area contributed by atoms with Gasteiger partial charge in [0, 0.05) is 18.7 Å². The fraction of sp³-hybridized carbons (Fsp3) is 0.571. The number of halogens is 1. The molecule has 1 heterocycles. The Kier molecular flexibility index (Phi) is 4.37. The zero-order chi connectivity index (χ0) is 11.4. The average Bonchev–Trinajstić information content (AvgIpc) is 2.56. The van der Waals surface area contributed by atoms with Crippen molar-refractivity contribution in [3.63, 3.8) is 0 Å². The van der Waals surface area contributed by atoms with Gasteiger partial charge in [0.2, 0.25) is 6.33 Å². The van der Waals surface area contributed by atoms with E-state index in [1.165, 1.54) is 18.1 Å². The Balaban J connectivity index is 2.75. The van der Waals surface area contributed by atoms with Crippen LogP contribution in [0.2, 0.25) is 0 Å². The minimum atomic E-state index is -0.675. The maximum atomic E-state index is 10.6. The molecule has 1 aromatic rings. The van der Waals surface area contributed by atoms with Crippen LogP contribution in [0.3, 0.4) is 0 Å². The molecule has 1 rings (SSSR count). The summed E-state index contributed by atoms with van der Waals surface area (Å²) in [6, 6.07) is 0. The van der Waals surface area contributed by atoms with Crippen LogP contribution >= 0.6 is 23.4 Å². The molecular weight excluding hydrogens is 242 g/mol. The number of aliphatic hydroxyl groups excluding tert-OH is 1. The molecule has 0 aliphatic heterocycles. The van der Waals surface area contributed by atoms with Gasteiger partial charge in [0.15, 0.2) is 5.03 Å². The molecule has 15 heavy (non-hydrogen) atoms. The van der Waals surface area contributed by atoms with Crippen LogP contribution in [0.4, 0.5) is 5.82 Å². The molecule has 1 N–H and O–H groups in total. The van der Waals surface area contributed by atoms with Crippen LogP contribution < -0.4 is 0 Å². The molecule has 0 fully saturated rings. The molecule has 0 saturated heterocycles. The molecule has 0 radical (unpaired) electrons. The van der Waals surface area contributed by atoms with Gasteiger partial charge in [0.05, 0.1) is 6.10 Å². The predicted octanol–water partition coefficient (Wildman–Crippen LogP) is 1.02. The molecule has 0 amide bonds. The monoisotopic (exact) mass is 251 g/mol. The molecular formula is C7H10ClN3O3S. The van der Waals surface area contributed by atoms with Gasteiger partial charge < -0.3 is 19.8 Å². The lowest BCUT2D eigenvalue weighted by atomic mass is 10.5. The summed E-state index contributed by atoms with van der Waals surface area (Å²) in [5.74, 6) is 0.229. The Morgan fingerprint density at radius 3 is 3.07 bits per heavy atom. The first-order valence-electron chi connectivity index (χ1n) is 4.08. The Hall–Kier alpha value is -0.790. The van der Waals surface area contributed by atoms with E-state index in [4.69, 9.17) is 11.6 Å². The summed E-state index contributed by atoms with van der Waals surface area (Å²) in [6.45, 7) is 0. The normalized spacial score (nSPS) is 12.7. The van der Waals surface area contributed by atoms with E-state index in [0.717, 1.165) is 0 Å². The number of nitro groups is 1. The first-order valence-corrected chi connectivity index (χ1v) is 5.60. The fourth-order valence-electron chi connectivity index (χ4n) is 0.918. The molecule has 0 spiro atoms. The second kappa shape index (κ2) is 5.34. The van der Waals surface area contributed by atoms with Crippen molar-refractivity contribution in [1.82, 2.24) is 9.55 Å². The Morgan fingerprint density at radius 1 is 1.87 bits per heavy atom. The number of hydrogen-bond donors (Lipinski definition) is 1. The number of hydrogen-bond acceptors (Lipinski definition) is 5. The van der Waals surface area contributed by atoms with Gasteiger partial charge in [-0.25, -0.2) is 0 Å². The number of imidazole rings is 1. The maximum absolute atomic E-state index is 10.6. The molecule has 1 aromatic heterocycles. The van der Waals surface area contributed by atoms with E-state index in [0.29, 0.717) is 10.8 Å². The number of aliphatic hydroxyl groups is 1. The van der Waals surface area contributed by atoms with Crippen molar-refractivity contribution in [3.8, 4) is 0 Å². The van der Waals surface area contributed by atoms with Crippen LogP contribution in [-0.4, -0.2) is 37.3 Å². The Labute approximate surface area is 95.4 Å². The van der Waals surface area contributed by atoms with Crippen molar-refractivity contribution in [2.45, 2.75) is 11.1 Å². The Bertz CT molecular complexity index is 357. The quantitative estimate of drug-likeness (QED) is 0.366. The number of thioether (sulfide) groups is 1. The second-order valence-corrected chi connectivity index (χ2v) is 4.18. The second-order valence-electron chi connectivity index (χ2n) is 2.86. The van der Waals surface area contributed by atoms with Crippen LogP contribution in [0, 0.1) is 10.1 Å². The van der Waals surface area contributed by atoms with E-state index in [2.05, 4.69) is 4.98 Å². The van der Waals surface area contributed by atoms with E-state index in [1.54, 1.807) is 11.6 Å². The lowest BCUT2D eigenvalue weighted by molar-refractivity contribution is -0.392. The first-order chi connectivity index (χ1) is 7.06. The third kappa shape index (κ3) is 3.08. The lowest BCUT2D eigenvalue weighted by Gasteiger charge is -2.05. The summed E-state index contributed by atoms with van der Waals surface area (Å²) in [5, 5.41) is 20.2. The molecule has 84 valence electrons. The zero-order valence-corrected chi connectivity index (χ0v) is 9.53. The smallest absolute Gasteiger partial charge is 0.391 e. The van der Waals surface area contributed by atoms with Crippen molar-refractivity contribution in [2.75, 3.05) is 11.6 Å². The average molecular weight is 252 g/mol. The van der Waals surface area contributed by atoms with E-state index < -0.39 is 11.0 Å². The molecule has 0 aromatic carbocycles. The molecule has 6 nitrogen and oxygen atoms in total. The van der Waals surface area contributed by atoms with Gasteiger partial charge in [-0.05, 0) is 9.91 Å². The summed E-state index contributed by atoms with van der Waals surface area (Å²) in [5.41, 5.74) is 0. The van der Waals surface area contributed by atoms with E-state index in [1.807, 2.05) is 0 Å². The summed E-state index contributed by atoms with van der Waals surface area (Å²) in [4.78, 5) is 13.7. The highest BCUT2D eigenvalue weighted by Gasteiger charge is 2.21. The van der Waals surface area contributed by atoms with Crippen molar-refractivity contribution in [1.29, 1.82) is 0 Å². The molecule has 0 saturated carbocycles. The van der Waals surface area contributed by atoms with Gasteiger partial charge in [-0.1, -0.05) is 11.8 Å². The molecule has 0 unspecified atom stereocenters. The standard InChI is InChI=1S/C7H10ClN3O3S/c1-10-4-9-6(11(13)14)7(10)15-3-5(12)2-8/h4-5,12H,2-3H2,1H3/t5-/m0/s1. The molecule has 0 aliphatic carbocycles. The minimum Gasteiger partial charge on any atom is -0.391 e. The van der Waals surface area contributed by atoms with E-state index in [9.17, 15) is 15.2 Å². The van der Waals surface area contributed by atoms with E-state index >= 15 is 0 Å². The van der Waals surface area contributed by atoms with Gasteiger partial charge in [0.1, 0.15) is 0 Å². The predicted molar refractivity (Wildman–Crippen MR) is 57.3 cm³/mol. The van der Waals surface area contributed by atoms with Gasteiger partial charge in [-0.15, -0.1) is 11.6 Å². The number of nitrogens with zero attached hydrogens (tertiary/aromatic N) is 3. The molecule has 8 heteroatoms. The first kappa shape index (κ1) is 12.3. The highest BCUT2D eigenvalue weighted by molar-refractivity contribution is 7.99. The van der Waals surface area contributed by atoms with Crippen molar-refractivity contribution >= 4 is 29.2 Å². The lowest BCUT2D eigenvalue weighted by Crippen LogP contribution is -2.11. The zero-order valence-electron chi connectivity index (χ0n) is 7.96. The number of aryl methyl sites for hydroxylation is 1. The summed E-state index contributed by atoms with van der Waals surface area (Å²) < 4.78 is 1.55. The number of alkyl halides is 1. The molecule has 0 bridgehead atoms. The van der Waals surface area contributed by atoms with Crippen LogP contribution in [0.25, 0.3) is 0 Å². The highest BCUT2D eigenvalue weighted by Crippen LogP contribution is 2.27. The molecule has 0 aliphatic rings. The van der Waals surface area contributed by atoms with E-state index in [-0.39, 0.29) is 11.7 Å². The van der Waals surface area contributed by atoms with Gasteiger partial charge in [0.25, 0.3) is 0 Å². The van der Waals surface area contributed by atoms with Crippen molar-refractivity contribution in [3.05, 3.63) is 16.4 Å². The van der Waals surface area contributed by atoms with Crippen LogP contribution in [0.5, 0.6) is 0 Å². The Morgan fingerprint density at radius 2 is 2.53 bits per heavy atom. The van der Waals surface area contributed by atoms with Crippen molar-refractivity contribution in [2.24, 2.45) is 7.05 Å². The topological polar surface area (TPSA) is 81.2 Å². The largest absolute Gasteiger partial charge is 0.395 e. The van der Waals surface area contributed by atoms with Crippen molar-refractivity contribution < 1.29 is 10.0 Å². The SMILES string of the molecule is Cn1cnc([N+](=O)[O-])c1SC[C@@H](O)CCl. The van der Waals surface area contributed by atoms with Gasteiger partial charge in [-0.3, -0.25) is 0 Å². The third-order valence-electron chi connectivity index (χ3n) is 1.63. The van der Waals surface area contributed by atoms with Crippen LogP contribution in [0.15, 0.2) is 11.4 Å². The summed E-state index contributed by atoms with van der Waals surface area (Å²) in [6.07, 6.45) is 0.694. The maximum Gasteiger partial charge on any atom is 0.395 e.